The molecule has 22 heavy (non-hydrogen) atoms. The van der Waals surface area contributed by atoms with E-state index in [-0.39, 0.29) is 24.2 Å². The van der Waals surface area contributed by atoms with Crippen molar-refractivity contribution < 1.29 is 22.3 Å². The molecule has 2 aromatic carbocycles. The van der Waals surface area contributed by atoms with Gasteiger partial charge in [-0.3, -0.25) is 0 Å². The van der Waals surface area contributed by atoms with Crippen molar-refractivity contribution in [2.24, 2.45) is 0 Å². The molecule has 1 aliphatic heterocycles. The number of halogens is 4. The fourth-order valence-corrected chi connectivity index (χ4v) is 2.88. The smallest absolute Gasteiger partial charge is 0.199 e. The maximum Gasteiger partial charge on any atom is 0.199 e. The second-order valence-corrected chi connectivity index (χ2v) is 5.11. The summed E-state index contributed by atoms with van der Waals surface area (Å²) in [5.41, 5.74) is 0.871. The lowest BCUT2D eigenvalue weighted by atomic mass is 10.1. The van der Waals surface area contributed by atoms with Crippen LogP contribution in [0.1, 0.15) is 11.1 Å². The van der Waals surface area contributed by atoms with E-state index < -0.39 is 23.3 Å². The predicted molar refractivity (Wildman–Crippen MR) is 74.7 cm³/mol. The highest BCUT2D eigenvalue weighted by Gasteiger charge is 2.34. The number of fused-ring (bicyclic) bond motifs is 1. The summed E-state index contributed by atoms with van der Waals surface area (Å²) in [6.45, 7) is 2.00. The molecule has 0 saturated carbocycles. The third-order valence-electron chi connectivity index (χ3n) is 3.88. The molecule has 3 rings (SSSR count). The molecule has 0 saturated heterocycles. The van der Waals surface area contributed by atoms with E-state index in [4.69, 9.17) is 4.74 Å². The van der Waals surface area contributed by atoms with Gasteiger partial charge in [-0.1, -0.05) is 12.1 Å². The van der Waals surface area contributed by atoms with Crippen LogP contribution in [0, 0.1) is 30.2 Å². The van der Waals surface area contributed by atoms with E-state index in [1.54, 1.807) is 25.1 Å². The van der Waals surface area contributed by atoms with E-state index >= 15 is 0 Å². The van der Waals surface area contributed by atoms with Crippen LogP contribution in [0.3, 0.4) is 0 Å². The summed E-state index contributed by atoms with van der Waals surface area (Å²) in [7, 11) is 1.46. The van der Waals surface area contributed by atoms with Crippen LogP contribution in [0.25, 0.3) is 0 Å². The lowest BCUT2D eigenvalue weighted by Gasteiger charge is -2.24. The van der Waals surface area contributed by atoms with Crippen LogP contribution >= 0.6 is 0 Å². The zero-order valence-electron chi connectivity index (χ0n) is 12.0. The highest BCUT2D eigenvalue weighted by Crippen LogP contribution is 2.44. The summed E-state index contributed by atoms with van der Waals surface area (Å²) in [6.07, 6.45) is 0.0901. The maximum atomic E-state index is 14.2. The number of ether oxygens (including phenoxy) is 1. The highest BCUT2D eigenvalue weighted by atomic mass is 19.2. The number of benzene rings is 2. The Bertz CT molecular complexity index is 761. The van der Waals surface area contributed by atoms with Crippen molar-refractivity contribution in [3.05, 3.63) is 52.6 Å². The molecule has 0 N–H and O–H groups in total. The van der Waals surface area contributed by atoms with Gasteiger partial charge in [0.2, 0.25) is 0 Å². The van der Waals surface area contributed by atoms with Crippen LogP contribution in [0.4, 0.5) is 28.9 Å². The van der Waals surface area contributed by atoms with Gasteiger partial charge >= 0.3 is 0 Å². The van der Waals surface area contributed by atoms with Gasteiger partial charge in [-0.05, 0) is 25.0 Å². The van der Waals surface area contributed by atoms with Crippen molar-refractivity contribution >= 4 is 11.4 Å². The summed E-state index contributed by atoms with van der Waals surface area (Å²) in [4.78, 5) is 1.43. The summed E-state index contributed by atoms with van der Waals surface area (Å²) in [5.74, 6) is -5.82. The standard InChI is InChI=1S/C16H13F4NO/c1-8-4-3-5-10(22-2)15(8)21-7-6-9-11(17)12(18)13(19)14(20)16(9)21/h3-5H,6-7H2,1-2H3. The Morgan fingerprint density at radius 1 is 0.955 bits per heavy atom. The fourth-order valence-electron chi connectivity index (χ4n) is 2.88. The average molecular weight is 311 g/mol. The van der Waals surface area contributed by atoms with Gasteiger partial charge in [-0.25, -0.2) is 17.6 Å². The van der Waals surface area contributed by atoms with Crippen molar-refractivity contribution in [2.75, 3.05) is 18.6 Å². The quantitative estimate of drug-likeness (QED) is 0.467. The molecule has 2 nitrogen and oxygen atoms in total. The number of aryl methyl sites for hydroxylation is 1. The first-order valence-electron chi connectivity index (χ1n) is 6.73. The van der Waals surface area contributed by atoms with Crippen molar-refractivity contribution in [1.29, 1.82) is 0 Å². The monoisotopic (exact) mass is 311 g/mol. The Balaban J connectivity index is 2.26. The molecule has 116 valence electrons. The Kier molecular flexibility index (Phi) is 3.47. The predicted octanol–water partition coefficient (Wildman–Crippen LogP) is 4.25. The van der Waals surface area contributed by atoms with Gasteiger partial charge in [0.15, 0.2) is 23.3 Å². The van der Waals surface area contributed by atoms with Crippen LogP contribution < -0.4 is 9.64 Å². The van der Waals surface area contributed by atoms with E-state index in [9.17, 15) is 17.6 Å². The first-order chi connectivity index (χ1) is 10.5. The number of para-hydroxylation sites is 1. The molecule has 0 bridgehead atoms. The van der Waals surface area contributed by atoms with Gasteiger partial charge in [0.05, 0.1) is 18.5 Å². The Labute approximate surface area is 124 Å². The third kappa shape index (κ3) is 1.94. The minimum atomic E-state index is -1.80. The van der Waals surface area contributed by atoms with Crippen molar-refractivity contribution in [1.82, 2.24) is 0 Å². The zero-order valence-corrected chi connectivity index (χ0v) is 12.0. The van der Waals surface area contributed by atoms with Gasteiger partial charge < -0.3 is 9.64 Å². The average Bonchev–Trinajstić information content (AvgIpc) is 2.95. The highest BCUT2D eigenvalue weighted by molar-refractivity contribution is 5.77. The molecule has 0 unspecified atom stereocenters. The third-order valence-corrected chi connectivity index (χ3v) is 3.88. The number of rotatable bonds is 2. The zero-order chi connectivity index (χ0) is 16.0. The van der Waals surface area contributed by atoms with Gasteiger partial charge in [-0.15, -0.1) is 0 Å². The summed E-state index contributed by atoms with van der Waals surface area (Å²) >= 11 is 0. The molecule has 0 radical (unpaired) electrons. The molecule has 6 heteroatoms. The number of hydrogen-bond acceptors (Lipinski definition) is 2. The van der Waals surface area contributed by atoms with Crippen LogP contribution in [-0.4, -0.2) is 13.7 Å². The van der Waals surface area contributed by atoms with E-state index in [0.717, 1.165) is 5.56 Å². The number of nitrogens with zero attached hydrogens (tertiary/aromatic N) is 1. The molecule has 0 fully saturated rings. The van der Waals surface area contributed by atoms with E-state index in [0.29, 0.717) is 11.4 Å². The SMILES string of the molecule is COc1cccc(C)c1N1CCc2c(F)c(F)c(F)c(F)c21. The molecular weight excluding hydrogens is 298 g/mol. The van der Waals surface area contributed by atoms with E-state index in [2.05, 4.69) is 0 Å². The molecule has 1 aliphatic rings. The summed E-state index contributed by atoms with van der Waals surface area (Å²) in [5, 5.41) is 0. The molecule has 0 spiro atoms. The number of methoxy groups -OCH3 is 1. The van der Waals surface area contributed by atoms with Crippen LogP contribution in [-0.2, 0) is 6.42 Å². The fraction of sp³-hybridized carbons (Fsp3) is 0.250. The van der Waals surface area contributed by atoms with Crippen LogP contribution in [0.2, 0.25) is 0 Å². The van der Waals surface area contributed by atoms with Crippen LogP contribution in [0.15, 0.2) is 18.2 Å². The van der Waals surface area contributed by atoms with Gasteiger partial charge in [-0.2, -0.15) is 0 Å². The van der Waals surface area contributed by atoms with Gasteiger partial charge in [0, 0.05) is 12.1 Å². The van der Waals surface area contributed by atoms with Gasteiger partial charge in [0.1, 0.15) is 5.75 Å². The lowest BCUT2D eigenvalue weighted by Crippen LogP contribution is -2.17. The Morgan fingerprint density at radius 2 is 1.64 bits per heavy atom. The second-order valence-electron chi connectivity index (χ2n) is 5.11. The molecule has 0 amide bonds. The summed E-state index contributed by atoms with van der Waals surface area (Å²) in [6, 6.07) is 5.22. The molecule has 2 aromatic rings. The first kappa shape index (κ1) is 14.7. The molecule has 0 aliphatic carbocycles. The van der Waals surface area contributed by atoms with Crippen molar-refractivity contribution in [3.8, 4) is 5.75 Å². The maximum absolute atomic E-state index is 14.2. The van der Waals surface area contributed by atoms with E-state index in [1.165, 1.54) is 12.0 Å². The second kappa shape index (κ2) is 5.19. The van der Waals surface area contributed by atoms with Crippen LogP contribution in [0.5, 0.6) is 5.75 Å². The van der Waals surface area contributed by atoms with E-state index in [1.807, 2.05) is 0 Å². The molecule has 0 aromatic heterocycles. The van der Waals surface area contributed by atoms with Crippen molar-refractivity contribution in [2.45, 2.75) is 13.3 Å². The normalized spacial score (nSPS) is 13.5. The molecule has 1 heterocycles. The Morgan fingerprint density at radius 3 is 2.32 bits per heavy atom. The minimum absolute atomic E-state index is 0.0901. The topological polar surface area (TPSA) is 12.5 Å². The number of hydrogen-bond donors (Lipinski definition) is 0. The number of anilines is 2. The first-order valence-corrected chi connectivity index (χ1v) is 6.73. The largest absolute Gasteiger partial charge is 0.495 e. The van der Waals surface area contributed by atoms with Gasteiger partial charge in [0.25, 0.3) is 0 Å². The lowest BCUT2D eigenvalue weighted by molar-refractivity contribution is 0.407. The molecule has 0 atom stereocenters. The van der Waals surface area contributed by atoms with Crippen molar-refractivity contribution in [3.63, 3.8) is 0 Å². The summed E-state index contributed by atoms with van der Waals surface area (Å²) < 4.78 is 60.2. The molecular formula is C16H13F4NO. The Hall–Kier alpha value is -2.24. The minimum Gasteiger partial charge on any atom is -0.495 e.